The molecule has 0 aliphatic carbocycles. The summed E-state index contributed by atoms with van der Waals surface area (Å²) in [6.07, 6.45) is 2.13. The van der Waals surface area contributed by atoms with Gasteiger partial charge in [0, 0.05) is 29.3 Å². The van der Waals surface area contributed by atoms with Crippen LogP contribution in [0.1, 0.15) is 18.4 Å². The van der Waals surface area contributed by atoms with Crippen molar-refractivity contribution in [2.45, 2.75) is 25.8 Å². The Bertz CT molecular complexity index is 514. The molecule has 20 heavy (non-hydrogen) atoms. The SMILES string of the molecule is Cc1ccc(N2CCN(C3CCNCC3)C2=O)cc1Br. The quantitative estimate of drug-likeness (QED) is 0.900. The minimum Gasteiger partial charge on any atom is -0.319 e. The van der Waals surface area contributed by atoms with Crippen LogP contribution >= 0.6 is 15.9 Å². The number of carbonyl (C=O) groups excluding carboxylic acids is 1. The van der Waals surface area contributed by atoms with Gasteiger partial charge in [0.25, 0.3) is 0 Å². The van der Waals surface area contributed by atoms with Gasteiger partial charge in [-0.1, -0.05) is 22.0 Å². The first-order valence-corrected chi connectivity index (χ1v) is 8.01. The van der Waals surface area contributed by atoms with E-state index in [4.69, 9.17) is 0 Å². The number of amides is 2. The molecule has 108 valence electrons. The van der Waals surface area contributed by atoms with Gasteiger partial charge in [-0.25, -0.2) is 4.79 Å². The number of carbonyl (C=O) groups is 1. The molecule has 0 unspecified atom stereocenters. The van der Waals surface area contributed by atoms with Crippen LogP contribution < -0.4 is 10.2 Å². The molecule has 0 atom stereocenters. The zero-order valence-corrected chi connectivity index (χ0v) is 13.3. The second-order valence-corrected chi connectivity index (χ2v) is 6.40. The number of halogens is 1. The van der Waals surface area contributed by atoms with E-state index >= 15 is 0 Å². The van der Waals surface area contributed by atoms with Crippen molar-refractivity contribution < 1.29 is 4.79 Å². The Balaban J connectivity index is 1.76. The Labute approximate surface area is 128 Å². The predicted octanol–water partition coefficient (Wildman–Crippen LogP) is 2.75. The van der Waals surface area contributed by atoms with E-state index in [1.165, 1.54) is 5.56 Å². The fourth-order valence-corrected chi connectivity index (χ4v) is 3.37. The van der Waals surface area contributed by atoms with Crippen molar-refractivity contribution in [3.05, 3.63) is 28.2 Å². The Morgan fingerprint density at radius 2 is 2.00 bits per heavy atom. The van der Waals surface area contributed by atoms with Crippen LogP contribution in [0.5, 0.6) is 0 Å². The molecule has 2 fully saturated rings. The van der Waals surface area contributed by atoms with Crippen molar-refractivity contribution in [1.82, 2.24) is 10.2 Å². The van der Waals surface area contributed by atoms with Gasteiger partial charge in [0.2, 0.25) is 0 Å². The summed E-state index contributed by atoms with van der Waals surface area (Å²) in [5.41, 5.74) is 2.18. The average Bonchev–Trinajstić information content (AvgIpc) is 2.85. The van der Waals surface area contributed by atoms with Crippen molar-refractivity contribution in [1.29, 1.82) is 0 Å². The minimum absolute atomic E-state index is 0.160. The average molecular weight is 338 g/mol. The van der Waals surface area contributed by atoms with Crippen molar-refractivity contribution in [2.75, 3.05) is 31.1 Å². The molecule has 2 aliphatic rings. The van der Waals surface area contributed by atoms with Crippen molar-refractivity contribution in [3.8, 4) is 0 Å². The zero-order chi connectivity index (χ0) is 14.1. The molecule has 1 N–H and O–H groups in total. The highest BCUT2D eigenvalue weighted by molar-refractivity contribution is 9.10. The van der Waals surface area contributed by atoms with Crippen LogP contribution in [0.15, 0.2) is 22.7 Å². The number of benzene rings is 1. The number of anilines is 1. The molecular weight excluding hydrogens is 318 g/mol. The molecule has 1 aromatic carbocycles. The van der Waals surface area contributed by atoms with Gasteiger partial charge >= 0.3 is 6.03 Å². The minimum atomic E-state index is 0.160. The summed E-state index contributed by atoms with van der Waals surface area (Å²) in [7, 11) is 0. The first kappa shape index (κ1) is 13.9. The number of aryl methyl sites for hydroxylation is 1. The molecule has 0 aromatic heterocycles. The standard InChI is InChI=1S/C15H20BrN3O/c1-11-2-3-13(10-14(11)16)19-9-8-18(15(19)20)12-4-6-17-7-5-12/h2-3,10,12,17H,4-9H2,1H3. The normalized spacial score (nSPS) is 20.8. The number of hydrogen-bond donors (Lipinski definition) is 1. The van der Waals surface area contributed by atoms with E-state index in [9.17, 15) is 4.79 Å². The fraction of sp³-hybridized carbons (Fsp3) is 0.533. The van der Waals surface area contributed by atoms with Gasteiger partial charge in [-0.15, -0.1) is 0 Å². The van der Waals surface area contributed by atoms with Crippen molar-refractivity contribution in [3.63, 3.8) is 0 Å². The summed E-state index contributed by atoms with van der Waals surface area (Å²) in [6.45, 7) is 5.73. The van der Waals surface area contributed by atoms with Crippen LogP contribution in [0.25, 0.3) is 0 Å². The third kappa shape index (κ3) is 2.56. The van der Waals surface area contributed by atoms with E-state index < -0.39 is 0 Å². The molecule has 0 saturated carbocycles. The van der Waals surface area contributed by atoms with Crippen LogP contribution in [0, 0.1) is 6.92 Å². The number of urea groups is 1. The van der Waals surface area contributed by atoms with Gasteiger partial charge in [-0.2, -0.15) is 0 Å². The molecule has 0 bridgehead atoms. The summed E-state index contributed by atoms with van der Waals surface area (Å²) in [6, 6.07) is 6.69. The van der Waals surface area contributed by atoms with E-state index in [2.05, 4.69) is 39.1 Å². The highest BCUT2D eigenvalue weighted by atomic mass is 79.9. The molecular formula is C15H20BrN3O. The number of piperidine rings is 1. The monoisotopic (exact) mass is 337 g/mol. The maximum absolute atomic E-state index is 12.6. The smallest absolute Gasteiger partial charge is 0.319 e. The summed E-state index contributed by atoms with van der Waals surface area (Å²) in [4.78, 5) is 16.6. The second kappa shape index (κ2) is 5.74. The molecule has 2 aliphatic heterocycles. The molecule has 4 nitrogen and oxygen atoms in total. The summed E-state index contributed by atoms with van der Waals surface area (Å²) < 4.78 is 1.06. The van der Waals surface area contributed by atoms with Gasteiger partial charge in [0.1, 0.15) is 0 Å². The molecule has 5 heteroatoms. The molecule has 0 radical (unpaired) electrons. The lowest BCUT2D eigenvalue weighted by Gasteiger charge is -2.31. The third-order valence-electron chi connectivity index (χ3n) is 4.26. The predicted molar refractivity (Wildman–Crippen MR) is 84.2 cm³/mol. The summed E-state index contributed by atoms with van der Waals surface area (Å²) in [5, 5.41) is 3.35. The van der Waals surface area contributed by atoms with E-state index in [0.29, 0.717) is 6.04 Å². The number of hydrogen-bond acceptors (Lipinski definition) is 2. The highest BCUT2D eigenvalue weighted by Gasteiger charge is 2.34. The first-order valence-electron chi connectivity index (χ1n) is 7.22. The van der Waals surface area contributed by atoms with E-state index in [1.807, 2.05) is 17.0 Å². The van der Waals surface area contributed by atoms with Crippen molar-refractivity contribution in [2.24, 2.45) is 0 Å². The molecule has 0 spiro atoms. The van der Waals surface area contributed by atoms with E-state index in [1.54, 1.807) is 0 Å². The zero-order valence-electron chi connectivity index (χ0n) is 11.7. The summed E-state index contributed by atoms with van der Waals surface area (Å²) in [5.74, 6) is 0. The Kier molecular flexibility index (Phi) is 3.98. The van der Waals surface area contributed by atoms with Crippen molar-refractivity contribution >= 4 is 27.6 Å². The van der Waals surface area contributed by atoms with Crippen LogP contribution in [-0.2, 0) is 0 Å². The van der Waals surface area contributed by atoms with E-state index in [0.717, 1.165) is 49.2 Å². The fourth-order valence-electron chi connectivity index (χ4n) is 3.00. The van der Waals surface area contributed by atoms with Gasteiger partial charge in [0.05, 0.1) is 0 Å². The van der Waals surface area contributed by atoms with Gasteiger partial charge in [-0.3, -0.25) is 4.90 Å². The van der Waals surface area contributed by atoms with E-state index in [-0.39, 0.29) is 6.03 Å². The molecule has 2 amide bonds. The largest absolute Gasteiger partial charge is 0.324 e. The lowest BCUT2D eigenvalue weighted by molar-refractivity contribution is 0.185. The highest BCUT2D eigenvalue weighted by Crippen LogP contribution is 2.28. The van der Waals surface area contributed by atoms with Gasteiger partial charge in [-0.05, 0) is 50.6 Å². The Morgan fingerprint density at radius 3 is 2.70 bits per heavy atom. The Hall–Kier alpha value is -1.07. The Morgan fingerprint density at radius 1 is 1.25 bits per heavy atom. The second-order valence-electron chi connectivity index (χ2n) is 5.54. The number of nitrogens with one attached hydrogen (secondary N) is 1. The molecule has 3 rings (SSSR count). The lowest BCUT2D eigenvalue weighted by atomic mass is 10.1. The third-order valence-corrected chi connectivity index (χ3v) is 5.11. The van der Waals surface area contributed by atoms with Crippen LogP contribution in [0.3, 0.4) is 0 Å². The molecule has 2 saturated heterocycles. The van der Waals surface area contributed by atoms with Gasteiger partial charge < -0.3 is 10.2 Å². The van der Waals surface area contributed by atoms with Crippen LogP contribution in [-0.4, -0.2) is 43.2 Å². The molecule has 1 aromatic rings. The van der Waals surface area contributed by atoms with Crippen LogP contribution in [0.2, 0.25) is 0 Å². The summed E-state index contributed by atoms with van der Waals surface area (Å²) >= 11 is 3.54. The lowest BCUT2D eigenvalue weighted by Crippen LogP contribution is -2.45. The maximum Gasteiger partial charge on any atom is 0.324 e. The topological polar surface area (TPSA) is 35.6 Å². The molecule has 2 heterocycles. The van der Waals surface area contributed by atoms with Gasteiger partial charge in [0.15, 0.2) is 0 Å². The maximum atomic E-state index is 12.6. The van der Waals surface area contributed by atoms with Crippen LogP contribution in [0.4, 0.5) is 10.5 Å². The first-order chi connectivity index (χ1) is 9.66. The number of rotatable bonds is 2. The number of nitrogens with zero attached hydrogens (tertiary/aromatic N) is 2.